The van der Waals surface area contributed by atoms with Gasteiger partial charge in [0.2, 0.25) is 5.91 Å². The smallest absolute Gasteiger partial charge is 0.311 e. The van der Waals surface area contributed by atoms with Gasteiger partial charge in [-0.2, -0.15) is 0 Å². The van der Waals surface area contributed by atoms with Gasteiger partial charge in [0, 0.05) is 44.8 Å². The van der Waals surface area contributed by atoms with Crippen molar-refractivity contribution in [3.05, 3.63) is 35.9 Å². The zero-order chi connectivity index (χ0) is 20.1. The standard InChI is InChI=1S/C21H30N4O3/c1-16(2)25(14-17-6-4-3-5-7-17)19(26)15-23-10-12-24(13-11-23)21(28)20(27)22-18-8-9-18/h3-7,16,18H,8-15H2,1-2H3,(H,22,27). The number of nitrogens with zero attached hydrogens (tertiary/aromatic N) is 3. The summed E-state index contributed by atoms with van der Waals surface area (Å²) in [6, 6.07) is 10.3. The lowest BCUT2D eigenvalue weighted by Crippen LogP contribution is -2.54. The lowest BCUT2D eigenvalue weighted by molar-refractivity contribution is -0.147. The Morgan fingerprint density at radius 2 is 1.71 bits per heavy atom. The van der Waals surface area contributed by atoms with Gasteiger partial charge in [-0.05, 0) is 32.3 Å². The SMILES string of the molecule is CC(C)N(Cc1ccccc1)C(=O)CN1CCN(C(=O)C(=O)NC2CC2)CC1. The molecule has 0 aromatic heterocycles. The van der Waals surface area contributed by atoms with Crippen LogP contribution in [-0.4, -0.2) is 77.2 Å². The average Bonchev–Trinajstić information content (AvgIpc) is 3.50. The van der Waals surface area contributed by atoms with E-state index in [1.54, 1.807) is 4.90 Å². The molecule has 0 atom stereocenters. The molecule has 1 aliphatic heterocycles. The number of amides is 3. The molecule has 2 fully saturated rings. The third-order valence-corrected chi connectivity index (χ3v) is 5.26. The molecule has 1 N–H and O–H groups in total. The van der Waals surface area contributed by atoms with Crippen LogP contribution in [0.25, 0.3) is 0 Å². The van der Waals surface area contributed by atoms with Crippen LogP contribution < -0.4 is 5.32 Å². The zero-order valence-corrected chi connectivity index (χ0v) is 16.8. The fourth-order valence-electron chi connectivity index (χ4n) is 3.35. The van der Waals surface area contributed by atoms with Crippen molar-refractivity contribution >= 4 is 17.7 Å². The molecule has 1 aromatic rings. The van der Waals surface area contributed by atoms with Gasteiger partial charge in [-0.1, -0.05) is 30.3 Å². The highest BCUT2D eigenvalue weighted by molar-refractivity contribution is 6.35. The molecule has 7 heteroatoms. The number of carbonyl (C=O) groups excluding carboxylic acids is 3. The fourth-order valence-corrected chi connectivity index (χ4v) is 3.35. The molecule has 0 unspecified atom stereocenters. The van der Waals surface area contributed by atoms with Gasteiger partial charge >= 0.3 is 11.8 Å². The largest absolute Gasteiger partial charge is 0.345 e. The summed E-state index contributed by atoms with van der Waals surface area (Å²) < 4.78 is 0. The molecular weight excluding hydrogens is 356 g/mol. The van der Waals surface area contributed by atoms with Crippen LogP contribution in [0.1, 0.15) is 32.3 Å². The Balaban J connectivity index is 1.47. The number of carbonyl (C=O) groups is 3. The topological polar surface area (TPSA) is 73.0 Å². The van der Waals surface area contributed by atoms with Crippen molar-refractivity contribution in [3.63, 3.8) is 0 Å². The Morgan fingerprint density at radius 3 is 2.29 bits per heavy atom. The molecule has 1 saturated heterocycles. The second-order valence-electron chi connectivity index (χ2n) is 7.92. The highest BCUT2D eigenvalue weighted by Gasteiger charge is 2.31. The molecule has 0 radical (unpaired) electrons. The van der Waals surface area contributed by atoms with Gasteiger partial charge in [0.25, 0.3) is 0 Å². The van der Waals surface area contributed by atoms with E-state index in [0.717, 1.165) is 18.4 Å². The number of rotatable bonds is 6. The van der Waals surface area contributed by atoms with Crippen LogP contribution in [0.2, 0.25) is 0 Å². The van der Waals surface area contributed by atoms with Crippen molar-refractivity contribution in [2.24, 2.45) is 0 Å². The summed E-state index contributed by atoms with van der Waals surface area (Å²) in [7, 11) is 0. The molecule has 2 aliphatic rings. The van der Waals surface area contributed by atoms with Crippen molar-refractivity contribution in [1.29, 1.82) is 0 Å². The fraction of sp³-hybridized carbons (Fsp3) is 0.571. The van der Waals surface area contributed by atoms with E-state index in [0.29, 0.717) is 39.3 Å². The van der Waals surface area contributed by atoms with E-state index >= 15 is 0 Å². The van der Waals surface area contributed by atoms with Gasteiger partial charge in [0.15, 0.2) is 0 Å². The van der Waals surface area contributed by atoms with E-state index in [4.69, 9.17) is 0 Å². The first-order chi connectivity index (χ1) is 13.4. The summed E-state index contributed by atoms with van der Waals surface area (Å²) in [5.41, 5.74) is 1.11. The van der Waals surface area contributed by atoms with Gasteiger partial charge in [-0.15, -0.1) is 0 Å². The Kier molecular flexibility index (Phi) is 6.67. The predicted molar refractivity (Wildman–Crippen MR) is 106 cm³/mol. The van der Waals surface area contributed by atoms with E-state index < -0.39 is 11.8 Å². The third-order valence-electron chi connectivity index (χ3n) is 5.26. The predicted octanol–water partition coefficient (Wildman–Crippen LogP) is 0.846. The Hall–Kier alpha value is -2.41. The van der Waals surface area contributed by atoms with Crippen molar-refractivity contribution in [2.45, 2.75) is 45.3 Å². The quantitative estimate of drug-likeness (QED) is 0.736. The molecule has 0 spiro atoms. The number of piperazine rings is 1. The molecule has 28 heavy (non-hydrogen) atoms. The first kappa shape index (κ1) is 20.3. The summed E-state index contributed by atoms with van der Waals surface area (Å²) in [4.78, 5) is 42.5. The second kappa shape index (κ2) is 9.19. The summed E-state index contributed by atoms with van der Waals surface area (Å²) >= 11 is 0. The van der Waals surface area contributed by atoms with Gasteiger partial charge in [-0.25, -0.2) is 0 Å². The molecule has 0 bridgehead atoms. The Bertz CT molecular complexity index is 695. The lowest BCUT2D eigenvalue weighted by atomic mass is 10.2. The second-order valence-corrected chi connectivity index (χ2v) is 7.92. The molecular formula is C21H30N4O3. The van der Waals surface area contributed by atoms with Crippen molar-refractivity contribution in [3.8, 4) is 0 Å². The van der Waals surface area contributed by atoms with Crippen LogP contribution in [-0.2, 0) is 20.9 Å². The summed E-state index contributed by atoms with van der Waals surface area (Å²) in [6.45, 7) is 7.14. The van der Waals surface area contributed by atoms with Crippen molar-refractivity contribution in [1.82, 2.24) is 20.0 Å². The van der Waals surface area contributed by atoms with Crippen molar-refractivity contribution < 1.29 is 14.4 Å². The molecule has 1 heterocycles. The van der Waals surface area contributed by atoms with Gasteiger partial charge < -0.3 is 15.1 Å². The third kappa shape index (κ3) is 5.55. The minimum atomic E-state index is -0.499. The first-order valence-corrected chi connectivity index (χ1v) is 10.1. The van der Waals surface area contributed by atoms with E-state index in [-0.39, 0.29) is 18.0 Å². The van der Waals surface area contributed by atoms with E-state index in [1.807, 2.05) is 49.1 Å². The molecule has 7 nitrogen and oxygen atoms in total. The summed E-state index contributed by atoms with van der Waals surface area (Å²) in [5.74, 6) is -0.864. The summed E-state index contributed by atoms with van der Waals surface area (Å²) in [6.07, 6.45) is 1.93. The number of hydrogen-bond acceptors (Lipinski definition) is 4. The maximum Gasteiger partial charge on any atom is 0.311 e. The zero-order valence-electron chi connectivity index (χ0n) is 16.8. The molecule has 1 aromatic carbocycles. The van der Waals surface area contributed by atoms with Crippen LogP contribution >= 0.6 is 0 Å². The molecule has 3 amide bonds. The van der Waals surface area contributed by atoms with Crippen molar-refractivity contribution in [2.75, 3.05) is 32.7 Å². The van der Waals surface area contributed by atoms with Crippen LogP contribution in [0.5, 0.6) is 0 Å². The lowest BCUT2D eigenvalue weighted by Gasteiger charge is -2.36. The maximum atomic E-state index is 12.8. The van der Waals surface area contributed by atoms with Gasteiger partial charge in [0.1, 0.15) is 0 Å². The maximum absolute atomic E-state index is 12.8. The molecule has 1 saturated carbocycles. The monoisotopic (exact) mass is 386 g/mol. The van der Waals surface area contributed by atoms with E-state index in [1.165, 1.54) is 0 Å². The Labute approximate surface area is 166 Å². The molecule has 152 valence electrons. The van der Waals surface area contributed by atoms with Crippen LogP contribution in [0, 0.1) is 0 Å². The van der Waals surface area contributed by atoms with E-state index in [2.05, 4.69) is 10.2 Å². The highest BCUT2D eigenvalue weighted by atomic mass is 16.2. The van der Waals surface area contributed by atoms with Crippen LogP contribution in [0.4, 0.5) is 0 Å². The van der Waals surface area contributed by atoms with Crippen LogP contribution in [0.15, 0.2) is 30.3 Å². The number of nitrogens with one attached hydrogen (secondary N) is 1. The average molecular weight is 386 g/mol. The van der Waals surface area contributed by atoms with E-state index in [9.17, 15) is 14.4 Å². The molecule has 3 rings (SSSR count). The minimum absolute atomic E-state index is 0.0881. The molecule has 1 aliphatic carbocycles. The Morgan fingerprint density at radius 1 is 1.07 bits per heavy atom. The minimum Gasteiger partial charge on any atom is -0.345 e. The van der Waals surface area contributed by atoms with Gasteiger partial charge in [0.05, 0.1) is 6.54 Å². The first-order valence-electron chi connectivity index (χ1n) is 10.1. The number of hydrogen-bond donors (Lipinski definition) is 1. The highest BCUT2D eigenvalue weighted by Crippen LogP contribution is 2.18. The normalized spacial score (nSPS) is 17.5. The summed E-state index contributed by atoms with van der Waals surface area (Å²) in [5, 5.41) is 2.74. The number of benzene rings is 1. The van der Waals surface area contributed by atoms with Gasteiger partial charge in [-0.3, -0.25) is 19.3 Å². The van der Waals surface area contributed by atoms with Crippen LogP contribution in [0.3, 0.4) is 0 Å².